The number of H-pyrrole nitrogens is 1. The van der Waals surface area contributed by atoms with Gasteiger partial charge in [-0.05, 0) is 24.8 Å². The number of thiophene rings is 1. The number of amides is 1. The molecule has 1 saturated heterocycles. The minimum absolute atomic E-state index is 0.0514. The number of aromatic nitrogens is 3. The van der Waals surface area contributed by atoms with Gasteiger partial charge in [0.1, 0.15) is 0 Å². The molecule has 1 N–H and O–H groups in total. The third-order valence-electron chi connectivity index (χ3n) is 3.95. The quantitative estimate of drug-likeness (QED) is 0.785. The molecule has 2 aromatic rings. The maximum Gasteiger partial charge on any atom is 0.235 e. The van der Waals surface area contributed by atoms with E-state index < -0.39 is 9.84 Å². The van der Waals surface area contributed by atoms with Crippen molar-refractivity contribution in [3.8, 4) is 10.7 Å². The summed E-state index contributed by atoms with van der Waals surface area (Å²) in [6.07, 6.45) is 0.505. The Hall–Kier alpha value is -1.39. The van der Waals surface area contributed by atoms with Crippen LogP contribution in [0.1, 0.15) is 13.3 Å². The summed E-state index contributed by atoms with van der Waals surface area (Å²) in [4.78, 5) is 19.5. The number of carbonyl (C=O) groups is 1. The Morgan fingerprint density at radius 1 is 1.54 bits per heavy atom. The van der Waals surface area contributed by atoms with Gasteiger partial charge >= 0.3 is 0 Å². The van der Waals surface area contributed by atoms with Crippen molar-refractivity contribution in [2.24, 2.45) is 0 Å². The number of rotatable bonds is 5. The first-order valence-corrected chi connectivity index (χ1v) is 11.0. The van der Waals surface area contributed by atoms with Crippen LogP contribution < -0.4 is 0 Å². The van der Waals surface area contributed by atoms with Crippen molar-refractivity contribution in [1.82, 2.24) is 20.1 Å². The van der Waals surface area contributed by atoms with Gasteiger partial charge in [-0.3, -0.25) is 9.89 Å². The zero-order valence-corrected chi connectivity index (χ0v) is 15.7. The van der Waals surface area contributed by atoms with Crippen LogP contribution in [0.2, 0.25) is 0 Å². The fraction of sp³-hybridized carbons (Fsp3) is 0.500. The molecule has 3 rings (SSSR count). The molecule has 0 spiro atoms. The third kappa shape index (κ3) is 3.81. The van der Waals surface area contributed by atoms with Crippen LogP contribution in [0, 0.1) is 0 Å². The molecule has 2 atom stereocenters. The van der Waals surface area contributed by atoms with Crippen LogP contribution >= 0.6 is 23.1 Å². The molecular formula is C14H18N4O3S3. The molecular weight excluding hydrogens is 368 g/mol. The molecule has 0 aliphatic carbocycles. The highest BCUT2D eigenvalue weighted by Crippen LogP contribution is 2.27. The van der Waals surface area contributed by atoms with Gasteiger partial charge in [-0.25, -0.2) is 13.4 Å². The molecule has 24 heavy (non-hydrogen) atoms. The number of aromatic amines is 1. The molecule has 1 amide bonds. The maximum atomic E-state index is 12.5. The molecule has 0 saturated carbocycles. The number of nitrogens with zero attached hydrogens (tertiary/aromatic N) is 3. The summed E-state index contributed by atoms with van der Waals surface area (Å²) in [7, 11) is -1.34. The van der Waals surface area contributed by atoms with Crippen molar-refractivity contribution < 1.29 is 13.2 Å². The molecule has 1 aliphatic rings. The molecule has 0 unspecified atom stereocenters. The second kappa shape index (κ2) is 6.85. The number of nitrogens with one attached hydrogen (secondary N) is 1. The Morgan fingerprint density at radius 2 is 2.33 bits per heavy atom. The van der Waals surface area contributed by atoms with Gasteiger partial charge in [0.2, 0.25) is 11.1 Å². The molecule has 7 nitrogen and oxygen atoms in total. The Bertz CT molecular complexity index is 816. The number of hydrogen-bond acceptors (Lipinski definition) is 7. The smallest absolute Gasteiger partial charge is 0.235 e. The van der Waals surface area contributed by atoms with Gasteiger partial charge < -0.3 is 4.90 Å². The summed E-state index contributed by atoms with van der Waals surface area (Å²) in [5.41, 5.74) is 0. The highest BCUT2D eigenvalue weighted by molar-refractivity contribution is 8.00. The molecule has 0 aromatic carbocycles. The van der Waals surface area contributed by atoms with E-state index in [0.717, 1.165) is 4.88 Å². The van der Waals surface area contributed by atoms with Gasteiger partial charge in [0.25, 0.3) is 0 Å². The van der Waals surface area contributed by atoms with Crippen LogP contribution in [0.25, 0.3) is 10.7 Å². The van der Waals surface area contributed by atoms with Crippen molar-refractivity contribution in [3.63, 3.8) is 0 Å². The van der Waals surface area contributed by atoms with Crippen molar-refractivity contribution in [2.75, 3.05) is 18.6 Å². The highest BCUT2D eigenvalue weighted by atomic mass is 32.2. The number of thioether (sulfide) groups is 1. The fourth-order valence-electron chi connectivity index (χ4n) is 2.58. The average Bonchev–Trinajstić information content (AvgIpc) is 3.25. The van der Waals surface area contributed by atoms with E-state index in [-0.39, 0.29) is 28.7 Å². The van der Waals surface area contributed by atoms with Crippen molar-refractivity contribution in [2.45, 2.75) is 29.8 Å². The normalized spacial score (nSPS) is 20.8. The summed E-state index contributed by atoms with van der Waals surface area (Å²) in [5.74, 6) is 0.782. The Labute approximate surface area is 148 Å². The molecule has 10 heteroatoms. The summed E-state index contributed by atoms with van der Waals surface area (Å²) >= 11 is 2.83. The molecule has 0 radical (unpaired) electrons. The molecule has 0 bridgehead atoms. The maximum absolute atomic E-state index is 12.5. The van der Waals surface area contributed by atoms with E-state index in [1.807, 2.05) is 17.5 Å². The highest BCUT2D eigenvalue weighted by Gasteiger charge is 2.34. The molecule has 1 aliphatic heterocycles. The van der Waals surface area contributed by atoms with Crippen LogP contribution in [0.5, 0.6) is 0 Å². The Balaban J connectivity index is 1.62. The van der Waals surface area contributed by atoms with E-state index in [4.69, 9.17) is 0 Å². The zero-order chi connectivity index (χ0) is 17.3. The van der Waals surface area contributed by atoms with Crippen LogP contribution in [0.3, 0.4) is 0 Å². The van der Waals surface area contributed by atoms with Crippen LogP contribution in [-0.2, 0) is 14.6 Å². The summed E-state index contributed by atoms with van der Waals surface area (Å²) < 4.78 is 23.2. The van der Waals surface area contributed by atoms with Crippen molar-refractivity contribution in [3.05, 3.63) is 17.5 Å². The molecule has 3 heterocycles. The number of sulfone groups is 1. The van der Waals surface area contributed by atoms with E-state index >= 15 is 0 Å². The standard InChI is InChI=1S/C14H18N4O3S3/c1-9(13(19)18(2)10-5-7-24(20,21)8-10)23-14-15-12(16-17-14)11-4-3-6-22-11/h3-4,6,9-10H,5,7-8H2,1-2H3,(H,15,16,17)/t9-,10-/m1/s1. The molecule has 2 aromatic heterocycles. The summed E-state index contributed by atoms with van der Waals surface area (Å²) in [5, 5.41) is 9.10. The van der Waals surface area contributed by atoms with Crippen molar-refractivity contribution >= 4 is 38.8 Å². The average molecular weight is 387 g/mol. The van der Waals surface area contributed by atoms with Gasteiger partial charge in [0, 0.05) is 13.1 Å². The van der Waals surface area contributed by atoms with E-state index in [1.54, 1.807) is 30.2 Å². The Kier molecular flexibility index (Phi) is 4.97. The molecule has 130 valence electrons. The first kappa shape index (κ1) is 17.4. The first-order chi connectivity index (χ1) is 11.4. The topological polar surface area (TPSA) is 96.0 Å². The SMILES string of the molecule is C[C@@H](Sc1n[nH]c(-c2cccs2)n1)C(=O)N(C)[C@@H]1CCS(=O)(=O)C1. The summed E-state index contributed by atoms with van der Waals surface area (Å²) in [6, 6.07) is 3.65. The lowest BCUT2D eigenvalue weighted by atomic mass is 10.2. The monoisotopic (exact) mass is 386 g/mol. The van der Waals surface area contributed by atoms with Gasteiger partial charge in [0.05, 0.1) is 21.6 Å². The van der Waals surface area contributed by atoms with E-state index in [1.165, 1.54) is 11.8 Å². The number of carbonyl (C=O) groups excluding carboxylic acids is 1. The molecule has 1 fully saturated rings. The van der Waals surface area contributed by atoms with Gasteiger partial charge in [0.15, 0.2) is 15.7 Å². The fourth-order valence-corrected chi connectivity index (χ4v) is 5.84. The van der Waals surface area contributed by atoms with Crippen LogP contribution in [0.15, 0.2) is 22.7 Å². The minimum atomic E-state index is -3.01. The summed E-state index contributed by atoms with van der Waals surface area (Å²) in [6.45, 7) is 1.79. The van der Waals surface area contributed by atoms with E-state index in [2.05, 4.69) is 15.2 Å². The largest absolute Gasteiger partial charge is 0.341 e. The lowest BCUT2D eigenvalue weighted by Crippen LogP contribution is -2.41. The van der Waals surface area contributed by atoms with E-state index in [0.29, 0.717) is 17.4 Å². The zero-order valence-electron chi connectivity index (χ0n) is 13.3. The van der Waals surface area contributed by atoms with Gasteiger partial charge in [-0.15, -0.1) is 16.4 Å². The van der Waals surface area contributed by atoms with E-state index in [9.17, 15) is 13.2 Å². The first-order valence-electron chi connectivity index (χ1n) is 7.46. The predicted octanol–water partition coefficient (Wildman–Crippen LogP) is 1.66. The van der Waals surface area contributed by atoms with Crippen molar-refractivity contribution in [1.29, 1.82) is 0 Å². The lowest BCUT2D eigenvalue weighted by molar-refractivity contribution is -0.130. The number of hydrogen-bond donors (Lipinski definition) is 1. The van der Waals surface area contributed by atoms with Gasteiger partial charge in [-0.1, -0.05) is 17.8 Å². The predicted molar refractivity (Wildman–Crippen MR) is 94.8 cm³/mol. The van der Waals surface area contributed by atoms with Gasteiger partial charge in [-0.2, -0.15) is 0 Å². The lowest BCUT2D eigenvalue weighted by Gasteiger charge is -2.25. The van der Waals surface area contributed by atoms with Crippen LogP contribution in [-0.4, -0.2) is 64.3 Å². The van der Waals surface area contributed by atoms with Crippen LogP contribution in [0.4, 0.5) is 0 Å². The second-order valence-corrected chi connectivity index (χ2v) is 10.2. The second-order valence-electron chi connectivity index (χ2n) is 5.71. The Morgan fingerprint density at radius 3 is 2.96 bits per heavy atom. The minimum Gasteiger partial charge on any atom is -0.341 e. The third-order valence-corrected chi connectivity index (χ3v) is 7.53.